The highest BCUT2D eigenvalue weighted by Crippen LogP contribution is 2.32. The number of sulfonamides is 1. The minimum absolute atomic E-state index is 0.0587. The van der Waals surface area contributed by atoms with E-state index in [1.807, 2.05) is 30.3 Å². The number of amides is 1. The minimum atomic E-state index is -3.86. The van der Waals surface area contributed by atoms with Crippen molar-refractivity contribution in [2.24, 2.45) is 0 Å². The third-order valence-corrected chi connectivity index (χ3v) is 5.85. The second kappa shape index (κ2) is 6.55. The van der Waals surface area contributed by atoms with E-state index < -0.39 is 10.0 Å². The van der Waals surface area contributed by atoms with Crippen molar-refractivity contribution in [2.75, 3.05) is 16.2 Å². The van der Waals surface area contributed by atoms with Gasteiger partial charge in [-0.3, -0.25) is 4.79 Å². The first kappa shape index (κ1) is 17.3. The molecule has 0 aliphatic carbocycles. The lowest BCUT2D eigenvalue weighted by atomic mass is 10.1. The first-order valence-corrected chi connectivity index (χ1v) is 9.88. The second-order valence-electron chi connectivity index (χ2n) is 6.25. The summed E-state index contributed by atoms with van der Waals surface area (Å²) < 4.78 is 33.2. The maximum atomic E-state index is 12.8. The average Bonchev–Trinajstić information content (AvgIpc) is 3.28. The molecule has 1 aliphatic rings. The van der Waals surface area contributed by atoms with Crippen molar-refractivity contribution in [3.05, 3.63) is 60.3 Å². The molecule has 0 fully saturated rings. The summed E-state index contributed by atoms with van der Waals surface area (Å²) in [5.74, 6) is 0.00343. The molecule has 0 saturated carbocycles. The first-order valence-electron chi connectivity index (χ1n) is 8.39. The molecule has 27 heavy (non-hydrogen) atoms. The van der Waals surface area contributed by atoms with Crippen molar-refractivity contribution in [3.8, 4) is 11.1 Å². The molecule has 0 atom stereocenters. The van der Waals surface area contributed by atoms with Gasteiger partial charge in [0.1, 0.15) is 0 Å². The molecule has 1 aromatic heterocycles. The number of rotatable bonds is 4. The van der Waals surface area contributed by atoms with Gasteiger partial charge in [-0.1, -0.05) is 35.5 Å². The Morgan fingerprint density at radius 1 is 1.19 bits per heavy atom. The summed E-state index contributed by atoms with van der Waals surface area (Å²) in [6.07, 6.45) is 2.09. The largest absolute Gasteiger partial charge is 0.337 e. The Bertz CT molecular complexity index is 1110. The summed E-state index contributed by atoms with van der Waals surface area (Å²) in [6.45, 7) is 2.05. The standard InChI is InChI=1S/C19H17N3O4S/c1-13(23)22-10-9-15-11-16(7-8-18(15)22)27(24,25)21-19-17(12-20-26-19)14-5-3-2-4-6-14/h2-8,11-12,21H,9-10H2,1H3. The zero-order chi connectivity index (χ0) is 19.0. The van der Waals surface area contributed by atoms with E-state index in [0.29, 0.717) is 18.5 Å². The first-order chi connectivity index (χ1) is 13.0. The maximum Gasteiger partial charge on any atom is 0.264 e. The summed E-state index contributed by atoms with van der Waals surface area (Å²) in [5.41, 5.74) is 2.94. The molecule has 4 rings (SSSR count). The van der Waals surface area contributed by atoms with E-state index in [-0.39, 0.29) is 16.7 Å². The van der Waals surface area contributed by atoms with E-state index in [0.717, 1.165) is 16.8 Å². The smallest absolute Gasteiger partial charge is 0.264 e. The Hall–Kier alpha value is -3.13. The van der Waals surface area contributed by atoms with Crippen molar-refractivity contribution < 1.29 is 17.7 Å². The lowest BCUT2D eigenvalue weighted by molar-refractivity contribution is -0.116. The summed E-state index contributed by atoms with van der Waals surface area (Å²) in [4.78, 5) is 13.4. The number of hydrogen-bond donors (Lipinski definition) is 1. The van der Waals surface area contributed by atoms with Crippen molar-refractivity contribution >= 4 is 27.5 Å². The molecule has 7 nitrogen and oxygen atoms in total. The van der Waals surface area contributed by atoms with Crippen molar-refractivity contribution in [3.63, 3.8) is 0 Å². The quantitative estimate of drug-likeness (QED) is 0.747. The van der Waals surface area contributed by atoms with Crippen LogP contribution in [0.3, 0.4) is 0 Å². The van der Waals surface area contributed by atoms with Gasteiger partial charge in [0.15, 0.2) is 0 Å². The Balaban J connectivity index is 1.65. The Morgan fingerprint density at radius 2 is 1.96 bits per heavy atom. The fourth-order valence-electron chi connectivity index (χ4n) is 3.19. The van der Waals surface area contributed by atoms with E-state index >= 15 is 0 Å². The third kappa shape index (κ3) is 3.19. The zero-order valence-electron chi connectivity index (χ0n) is 14.5. The van der Waals surface area contributed by atoms with Gasteiger partial charge in [-0.2, -0.15) is 0 Å². The van der Waals surface area contributed by atoms with Gasteiger partial charge in [0.2, 0.25) is 11.8 Å². The second-order valence-corrected chi connectivity index (χ2v) is 7.93. The number of aromatic nitrogens is 1. The molecule has 0 unspecified atom stereocenters. The predicted octanol–water partition coefficient (Wildman–Crippen LogP) is 3.05. The Labute approximate surface area is 156 Å². The molecule has 0 bridgehead atoms. The topological polar surface area (TPSA) is 92.5 Å². The number of carbonyl (C=O) groups excluding carboxylic acids is 1. The van der Waals surface area contributed by atoms with Crippen LogP contribution in [0.2, 0.25) is 0 Å². The summed E-state index contributed by atoms with van der Waals surface area (Å²) in [5, 5.41) is 3.72. The molecular weight excluding hydrogens is 366 g/mol. The zero-order valence-corrected chi connectivity index (χ0v) is 15.4. The van der Waals surface area contributed by atoms with Crippen LogP contribution in [0, 0.1) is 0 Å². The van der Waals surface area contributed by atoms with Crippen molar-refractivity contribution in [1.82, 2.24) is 5.16 Å². The van der Waals surface area contributed by atoms with Crippen LogP contribution in [0.15, 0.2) is 64.1 Å². The van der Waals surface area contributed by atoms with Gasteiger partial charge >= 0.3 is 0 Å². The van der Waals surface area contributed by atoms with E-state index in [2.05, 4.69) is 9.88 Å². The molecule has 1 N–H and O–H groups in total. The number of nitrogens with zero attached hydrogens (tertiary/aromatic N) is 2. The van der Waals surface area contributed by atoms with Gasteiger partial charge in [-0.25, -0.2) is 13.1 Å². The van der Waals surface area contributed by atoms with Crippen LogP contribution >= 0.6 is 0 Å². The van der Waals surface area contributed by atoms with Gasteiger partial charge in [0, 0.05) is 19.2 Å². The van der Waals surface area contributed by atoms with Crippen molar-refractivity contribution in [1.29, 1.82) is 0 Å². The fourth-order valence-corrected chi connectivity index (χ4v) is 4.24. The number of benzene rings is 2. The number of hydrogen-bond acceptors (Lipinski definition) is 5. The molecule has 0 spiro atoms. The van der Waals surface area contributed by atoms with Crippen LogP contribution in [0.4, 0.5) is 11.6 Å². The van der Waals surface area contributed by atoms with Crippen LogP contribution in [-0.4, -0.2) is 26.0 Å². The van der Waals surface area contributed by atoms with Crippen LogP contribution < -0.4 is 9.62 Å². The van der Waals surface area contributed by atoms with E-state index in [1.54, 1.807) is 17.0 Å². The lowest BCUT2D eigenvalue weighted by Gasteiger charge is -2.15. The maximum absolute atomic E-state index is 12.8. The number of carbonyl (C=O) groups is 1. The molecule has 8 heteroatoms. The molecule has 138 valence electrons. The molecule has 2 heterocycles. The van der Waals surface area contributed by atoms with Crippen molar-refractivity contribution in [2.45, 2.75) is 18.2 Å². The normalized spacial score (nSPS) is 13.4. The monoisotopic (exact) mass is 383 g/mol. The van der Waals surface area contributed by atoms with Gasteiger partial charge in [0.05, 0.1) is 16.7 Å². The lowest BCUT2D eigenvalue weighted by Crippen LogP contribution is -2.25. The van der Waals surface area contributed by atoms with Crippen LogP contribution in [-0.2, 0) is 21.2 Å². The third-order valence-electron chi connectivity index (χ3n) is 4.52. The van der Waals surface area contributed by atoms with E-state index in [1.165, 1.54) is 19.2 Å². The highest BCUT2D eigenvalue weighted by Gasteiger charge is 2.26. The SMILES string of the molecule is CC(=O)N1CCc2cc(S(=O)(=O)Nc3oncc3-c3ccccc3)ccc21. The highest BCUT2D eigenvalue weighted by molar-refractivity contribution is 7.92. The number of anilines is 2. The minimum Gasteiger partial charge on any atom is -0.337 e. The summed E-state index contributed by atoms with van der Waals surface area (Å²) >= 11 is 0. The molecule has 0 saturated heterocycles. The Morgan fingerprint density at radius 3 is 2.70 bits per heavy atom. The molecule has 2 aromatic carbocycles. The van der Waals surface area contributed by atoms with E-state index in [9.17, 15) is 13.2 Å². The Kier molecular flexibility index (Phi) is 4.19. The van der Waals surface area contributed by atoms with Gasteiger partial charge in [-0.05, 0) is 35.7 Å². The van der Waals surface area contributed by atoms with Gasteiger partial charge in [0.25, 0.3) is 10.0 Å². The van der Waals surface area contributed by atoms with E-state index in [4.69, 9.17) is 4.52 Å². The highest BCUT2D eigenvalue weighted by atomic mass is 32.2. The molecule has 0 radical (unpaired) electrons. The van der Waals surface area contributed by atoms with Gasteiger partial charge < -0.3 is 9.42 Å². The summed E-state index contributed by atoms with van der Waals surface area (Å²) in [6, 6.07) is 14.0. The number of nitrogens with one attached hydrogen (secondary N) is 1. The molecule has 1 amide bonds. The van der Waals surface area contributed by atoms with Crippen LogP contribution in [0.1, 0.15) is 12.5 Å². The number of fused-ring (bicyclic) bond motifs is 1. The summed E-state index contributed by atoms with van der Waals surface area (Å²) in [7, 11) is -3.86. The predicted molar refractivity (Wildman–Crippen MR) is 101 cm³/mol. The van der Waals surface area contributed by atoms with Gasteiger partial charge in [-0.15, -0.1) is 0 Å². The molecule has 1 aliphatic heterocycles. The molecular formula is C19H17N3O4S. The van der Waals surface area contributed by atoms with Crippen LogP contribution in [0.5, 0.6) is 0 Å². The molecule has 3 aromatic rings. The average molecular weight is 383 g/mol. The van der Waals surface area contributed by atoms with Crippen LogP contribution in [0.25, 0.3) is 11.1 Å². The fraction of sp³-hybridized carbons (Fsp3) is 0.158.